The molecule has 0 saturated heterocycles. The third-order valence-corrected chi connectivity index (χ3v) is 4.37. The van der Waals surface area contributed by atoms with E-state index in [1.54, 1.807) is 18.2 Å². The van der Waals surface area contributed by atoms with Crippen molar-refractivity contribution in [3.8, 4) is 17.4 Å². The first-order valence-electron chi connectivity index (χ1n) is 9.23. The van der Waals surface area contributed by atoms with Gasteiger partial charge in [0, 0.05) is 17.7 Å². The molecule has 8 nitrogen and oxygen atoms in total. The molecule has 0 aliphatic rings. The maximum atomic E-state index is 13.2. The number of halogens is 1. The SMILES string of the molecule is CC(C)c1cc(=O)[nH]c(-n2nc(-c3ccco3)cc2NC(=O)c2ccc(F)cc2)n1. The number of amides is 1. The number of nitrogens with zero attached hydrogens (tertiary/aromatic N) is 3. The summed E-state index contributed by atoms with van der Waals surface area (Å²) in [6.45, 7) is 3.83. The Morgan fingerprint density at radius 3 is 2.63 bits per heavy atom. The summed E-state index contributed by atoms with van der Waals surface area (Å²) in [6.07, 6.45) is 1.50. The molecule has 0 unspecified atom stereocenters. The van der Waals surface area contributed by atoms with Gasteiger partial charge in [-0.15, -0.1) is 0 Å². The van der Waals surface area contributed by atoms with E-state index in [0.717, 1.165) is 0 Å². The number of rotatable bonds is 5. The third-order valence-electron chi connectivity index (χ3n) is 4.37. The zero-order chi connectivity index (χ0) is 21.3. The molecule has 4 aromatic rings. The monoisotopic (exact) mass is 407 g/mol. The van der Waals surface area contributed by atoms with Crippen molar-refractivity contribution in [2.45, 2.75) is 19.8 Å². The van der Waals surface area contributed by atoms with Crippen molar-refractivity contribution in [2.24, 2.45) is 0 Å². The van der Waals surface area contributed by atoms with Gasteiger partial charge in [0.05, 0.1) is 12.0 Å². The summed E-state index contributed by atoms with van der Waals surface area (Å²) in [4.78, 5) is 31.9. The van der Waals surface area contributed by atoms with E-state index >= 15 is 0 Å². The molecule has 2 N–H and O–H groups in total. The molecule has 0 radical (unpaired) electrons. The van der Waals surface area contributed by atoms with Gasteiger partial charge in [0.2, 0.25) is 5.95 Å². The summed E-state index contributed by atoms with van der Waals surface area (Å²) < 4.78 is 19.9. The summed E-state index contributed by atoms with van der Waals surface area (Å²) in [5.74, 6) is 0.00322. The van der Waals surface area contributed by atoms with Crippen LogP contribution in [-0.4, -0.2) is 25.7 Å². The van der Waals surface area contributed by atoms with Crippen LogP contribution in [0, 0.1) is 5.82 Å². The lowest BCUT2D eigenvalue weighted by Crippen LogP contribution is -2.19. The van der Waals surface area contributed by atoms with Crippen LogP contribution in [-0.2, 0) is 0 Å². The Hall–Kier alpha value is -4.01. The number of H-pyrrole nitrogens is 1. The van der Waals surface area contributed by atoms with Crippen molar-refractivity contribution >= 4 is 11.7 Å². The van der Waals surface area contributed by atoms with E-state index in [9.17, 15) is 14.0 Å². The number of aromatic amines is 1. The fourth-order valence-electron chi connectivity index (χ4n) is 2.83. The van der Waals surface area contributed by atoms with Gasteiger partial charge in [0.15, 0.2) is 5.76 Å². The molecular formula is C21H18FN5O3. The smallest absolute Gasteiger partial charge is 0.256 e. The maximum Gasteiger partial charge on any atom is 0.256 e. The highest BCUT2D eigenvalue weighted by Crippen LogP contribution is 2.25. The van der Waals surface area contributed by atoms with Crippen molar-refractivity contribution in [1.82, 2.24) is 19.7 Å². The first-order chi connectivity index (χ1) is 14.4. The molecule has 0 fully saturated rings. The highest BCUT2D eigenvalue weighted by Gasteiger charge is 2.18. The van der Waals surface area contributed by atoms with Crippen LogP contribution < -0.4 is 10.9 Å². The topological polar surface area (TPSA) is 106 Å². The molecule has 4 rings (SSSR count). The van der Waals surface area contributed by atoms with Crippen LogP contribution in [0.5, 0.6) is 0 Å². The first kappa shape index (κ1) is 19.3. The fraction of sp³-hybridized carbons (Fsp3) is 0.143. The van der Waals surface area contributed by atoms with Gasteiger partial charge in [0.25, 0.3) is 11.5 Å². The van der Waals surface area contributed by atoms with Crippen molar-refractivity contribution in [2.75, 3.05) is 5.32 Å². The van der Waals surface area contributed by atoms with E-state index < -0.39 is 11.7 Å². The van der Waals surface area contributed by atoms with Crippen molar-refractivity contribution in [3.63, 3.8) is 0 Å². The van der Waals surface area contributed by atoms with E-state index in [1.807, 2.05) is 13.8 Å². The number of carbonyl (C=O) groups excluding carboxylic acids is 1. The molecule has 9 heteroatoms. The Bertz CT molecular complexity index is 1240. The first-order valence-corrected chi connectivity index (χ1v) is 9.23. The zero-order valence-electron chi connectivity index (χ0n) is 16.2. The Balaban J connectivity index is 1.78. The normalized spacial score (nSPS) is 11.1. The van der Waals surface area contributed by atoms with E-state index in [2.05, 4.69) is 20.4 Å². The number of hydrogen-bond acceptors (Lipinski definition) is 5. The van der Waals surface area contributed by atoms with Crippen LogP contribution in [0.15, 0.2) is 64.0 Å². The van der Waals surface area contributed by atoms with Gasteiger partial charge in [-0.25, -0.2) is 9.37 Å². The molecule has 0 bridgehead atoms. The van der Waals surface area contributed by atoms with E-state index in [0.29, 0.717) is 17.1 Å². The molecule has 0 atom stereocenters. The standard InChI is InChI=1S/C21H18FN5O3/c1-12(2)15-11-19(28)25-21(23-15)27-18(10-16(26-27)17-4-3-9-30-17)24-20(29)13-5-7-14(22)8-6-13/h3-12H,1-2H3,(H,24,29)(H,23,25,28). The van der Waals surface area contributed by atoms with Gasteiger partial charge in [-0.1, -0.05) is 13.8 Å². The van der Waals surface area contributed by atoms with E-state index in [4.69, 9.17) is 4.42 Å². The summed E-state index contributed by atoms with van der Waals surface area (Å²) in [7, 11) is 0. The predicted octanol–water partition coefficient (Wildman–Crippen LogP) is 3.73. The Morgan fingerprint density at radius 2 is 1.97 bits per heavy atom. The van der Waals surface area contributed by atoms with Gasteiger partial charge in [-0.05, 0) is 42.3 Å². The second-order valence-electron chi connectivity index (χ2n) is 6.91. The number of aromatic nitrogens is 4. The van der Waals surface area contributed by atoms with Crippen LogP contribution in [0.4, 0.5) is 10.2 Å². The molecular weight excluding hydrogens is 389 g/mol. The molecule has 152 valence electrons. The Morgan fingerprint density at radius 1 is 1.20 bits per heavy atom. The predicted molar refractivity (Wildman–Crippen MR) is 108 cm³/mol. The number of benzene rings is 1. The maximum absolute atomic E-state index is 13.2. The van der Waals surface area contributed by atoms with E-state index in [1.165, 1.54) is 41.3 Å². The van der Waals surface area contributed by atoms with Gasteiger partial charge >= 0.3 is 0 Å². The third kappa shape index (κ3) is 3.90. The zero-order valence-corrected chi connectivity index (χ0v) is 16.2. The molecule has 3 aromatic heterocycles. The van der Waals surface area contributed by atoms with Crippen LogP contribution in [0.3, 0.4) is 0 Å². The van der Waals surface area contributed by atoms with Crippen LogP contribution in [0.2, 0.25) is 0 Å². The second-order valence-corrected chi connectivity index (χ2v) is 6.91. The van der Waals surface area contributed by atoms with Crippen LogP contribution in [0.1, 0.15) is 35.8 Å². The summed E-state index contributed by atoms with van der Waals surface area (Å²) in [6, 6.07) is 11.6. The van der Waals surface area contributed by atoms with Crippen molar-refractivity contribution in [1.29, 1.82) is 0 Å². The molecule has 30 heavy (non-hydrogen) atoms. The minimum absolute atomic E-state index is 0.0170. The lowest BCUT2D eigenvalue weighted by Gasteiger charge is -2.10. The largest absolute Gasteiger partial charge is 0.463 e. The highest BCUT2D eigenvalue weighted by molar-refractivity contribution is 6.04. The molecule has 1 amide bonds. The van der Waals surface area contributed by atoms with Gasteiger partial charge in [-0.2, -0.15) is 9.78 Å². The number of carbonyl (C=O) groups is 1. The molecule has 3 heterocycles. The van der Waals surface area contributed by atoms with Crippen molar-refractivity contribution < 1.29 is 13.6 Å². The number of furan rings is 1. The quantitative estimate of drug-likeness (QED) is 0.524. The van der Waals surface area contributed by atoms with Crippen LogP contribution >= 0.6 is 0 Å². The average molecular weight is 407 g/mol. The number of hydrogen-bond donors (Lipinski definition) is 2. The fourth-order valence-corrected chi connectivity index (χ4v) is 2.83. The van der Waals surface area contributed by atoms with Crippen molar-refractivity contribution in [3.05, 3.63) is 82.2 Å². The van der Waals surface area contributed by atoms with Gasteiger partial charge in [-0.3, -0.25) is 14.6 Å². The lowest BCUT2D eigenvalue weighted by molar-refractivity contribution is 0.102. The van der Waals surface area contributed by atoms with Gasteiger partial charge in [0.1, 0.15) is 17.3 Å². The lowest BCUT2D eigenvalue weighted by atomic mass is 10.1. The minimum Gasteiger partial charge on any atom is -0.463 e. The highest BCUT2D eigenvalue weighted by atomic mass is 19.1. The van der Waals surface area contributed by atoms with E-state index in [-0.39, 0.29) is 28.8 Å². The number of anilines is 1. The number of nitrogens with one attached hydrogen (secondary N) is 2. The minimum atomic E-state index is -0.468. The summed E-state index contributed by atoms with van der Waals surface area (Å²) >= 11 is 0. The molecule has 0 saturated carbocycles. The van der Waals surface area contributed by atoms with Gasteiger partial charge < -0.3 is 9.73 Å². The average Bonchev–Trinajstić information content (AvgIpc) is 3.38. The summed E-state index contributed by atoms with van der Waals surface area (Å²) in [5.41, 5.74) is 0.947. The van der Waals surface area contributed by atoms with Crippen LogP contribution in [0.25, 0.3) is 17.4 Å². The molecule has 1 aromatic carbocycles. The molecule has 0 spiro atoms. The Labute approximate surface area is 170 Å². The Kier molecular flexibility index (Phi) is 5.01. The molecule has 0 aliphatic heterocycles. The molecule has 0 aliphatic carbocycles. The second kappa shape index (κ2) is 7.78. The summed E-state index contributed by atoms with van der Waals surface area (Å²) in [5, 5.41) is 7.17.